The maximum Gasteiger partial charge on any atom is 0.317 e. The van der Waals surface area contributed by atoms with E-state index in [-0.39, 0.29) is 6.03 Å². The maximum absolute atomic E-state index is 11.8. The zero-order chi connectivity index (χ0) is 15.4. The molecule has 1 fully saturated rings. The number of nitrogens with zero attached hydrogens (tertiary/aromatic N) is 3. The minimum absolute atomic E-state index is 0.0379. The van der Waals surface area contributed by atoms with Crippen LogP contribution in [-0.2, 0) is 6.54 Å². The first kappa shape index (κ1) is 15.1. The molecular weight excluding hydrogens is 300 g/mol. The third-order valence-electron chi connectivity index (χ3n) is 3.66. The minimum Gasteiger partial charge on any atom is -0.462 e. The van der Waals surface area contributed by atoms with Crippen LogP contribution in [0.15, 0.2) is 28.2 Å². The predicted octanol–water partition coefficient (Wildman–Crippen LogP) is 2.25. The van der Waals surface area contributed by atoms with Gasteiger partial charge in [0.25, 0.3) is 0 Å². The van der Waals surface area contributed by atoms with Crippen molar-refractivity contribution in [3.63, 3.8) is 0 Å². The molecule has 6 nitrogen and oxygen atoms in total. The normalized spacial score (nSPS) is 16.0. The average Bonchev–Trinajstić information content (AvgIpc) is 3.19. The number of aromatic nitrogens is 1. The van der Waals surface area contributed by atoms with Crippen LogP contribution in [0.1, 0.15) is 12.6 Å². The van der Waals surface area contributed by atoms with Crippen LogP contribution >= 0.6 is 11.3 Å². The molecule has 2 aromatic heterocycles. The van der Waals surface area contributed by atoms with E-state index in [1.807, 2.05) is 24.0 Å². The highest BCUT2D eigenvalue weighted by molar-refractivity contribution is 7.13. The van der Waals surface area contributed by atoms with E-state index in [0.29, 0.717) is 6.54 Å². The molecule has 0 spiro atoms. The highest BCUT2D eigenvalue weighted by atomic mass is 32.1. The molecule has 1 aliphatic heterocycles. The molecular formula is C15H20N4O2S. The summed E-state index contributed by atoms with van der Waals surface area (Å²) in [6, 6.07) is 3.83. The Morgan fingerprint density at radius 3 is 2.91 bits per heavy atom. The average molecular weight is 320 g/mol. The van der Waals surface area contributed by atoms with Crippen LogP contribution in [0.2, 0.25) is 0 Å². The van der Waals surface area contributed by atoms with E-state index in [9.17, 15) is 4.79 Å². The molecule has 1 aliphatic rings. The van der Waals surface area contributed by atoms with Crippen molar-refractivity contribution in [1.29, 1.82) is 0 Å². The number of nitrogens with one attached hydrogen (secondary N) is 1. The molecule has 1 N–H and O–H groups in total. The molecule has 0 bridgehead atoms. The molecule has 118 valence electrons. The van der Waals surface area contributed by atoms with E-state index in [0.717, 1.165) is 49.2 Å². The van der Waals surface area contributed by atoms with Gasteiger partial charge in [-0.2, -0.15) is 0 Å². The van der Waals surface area contributed by atoms with Gasteiger partial charge in [0.05, 0.1) is 12.0 Å². The predicted molar refractivity (Wildman–Crippen MR) is 85.7 cm³/mol. The van der Waals surface area contributed by atoms with Crippen LogP contribution in [-0.4, -0.2) is 53.5 Å². The Balaban J connectivity index is 1.52. The lowest BCUT2D eigenvalue weighted by molar-refractivity contribution is 0.135. The lowest BCUT2D eigenvalue weighted by Gasteiger charge is -2.34. The van der Waals surface area contributed by atoms with Gasteiger partial charge in [-0.1, -0.05) is 0 Å². The number of furan rings is 1. The van der Waals surface area contributed by atoms with Gasteiger partial charge in [-0.25, -0.2) is 9.78 Å². The van der Waals surface area contributed by atoms with Crippen molar-refractivity contribution in [3.8, 4) is 10.8 Å². The van der Waals surface area contributed by atoms with Gasteiger partial charge in [-0.15, -0.1) is 11.3 Å². The molecule has 3 rings (SSSR count). The lowest BCUT2D eigenvalue weighted by Crippen LogP contribution is -2.51. The second-order valence-corrected chi connectivity index (χ2v) is 6.08. The quantitative estimate of drug-likeness (QED) is 0.938. The second kappa shape index (κ2) is 6.93. The van der Waals surface area contributed by atoms with E-state index < -0.39 is 0 Å². The van der Waals surface area contributed by atoms with E-state index in [2.05, 4.69) is 20.6 Å². The summed E-state index contributed by atoms with van der Waals surface area (Å²) in [5.41, 5.74) is 1.06. The highest BCUT2D eigenvalue weighted by Crippen LogP contribution is 2.24. The SMILES string of the molecule is CCNC(=O)N1CCN(Cc2csc(-c3ccco3)n2)CC1. The Morgan fingerprint density at radius 1 is 1.41 bits per heavy atom. The molecule has 3 heterocycles. The molecule has 2 aromatic rings. The Hall–Kier alpha value is -1.86. The van der Waals surface area contributed by atoms with Gasteiger partial charge < -0.3 is 14.6 Å². The van der Waals surface area contributed by atoms with Crippen molar-refractivity contribution < 1.29 is 9.21 Å². The van der Waals surface area contributed by atoms with E-state index in [1.165, 1.54) is 0 Å². The molecule has 0 atom stereocenters. The zero-order valence-corrected chi connectivity index (χ0v) is 13.4. The molecule has 0 saturated carbocycles. The summed E-state index contributed by atoms with van der Waals surface area (Å²) in [5, 5.41) is 5.84. The third kappa shape index (κ3) is 3.48. The lowest BCUT2D eigenvalue weighted by atomic mass is 10.3. The number of piperazine rings is 1. The van der Waals surface area contributed by atoms with Gasteiger partial charge in [0.15, 0.2) is 10.8 Å². The molecule has 0 radical (unpaired) electrons. The van der Waals surface area contributed by atoms with Crippen molar-refractivity contribution >= 4 is 17.4 Å². The standard InChI is InChI=1S/C15H20N4O2S/c1-2-16-15(20)19-7-5-18(6-8-19)10-12-11-22-14(17-12)13-4-3-9-21-13/h3-4,9,11H,2,5-8,10H2,1H3,(H,16,20). The first-order valence-electron chi connectivity index (χ1n) is 7.49. The first-order valence-corrected chi connectivity index (χ1v) is 8.37. The fourth-order valence-electron chi connectivity index (χ4n) is 2.49. The second-order valence-electron chi connectivity index (χ2n) is 5.22. The molecule has 0 aromatic carbocycles. The van der Waals surface area contributed by atoms with Gasteiger partial charge in [-0.3, -0.25) is 4.90 Å². The summed E-state index contributed by atoms with van der Waals surface area (Å²) >= 11 is 1.60. The number of thiazole rings is 1. The van der Waals surface area contributed by atoms with Crippen molar-refractivity contribution in [3.05, 3.63) is 29.5 Å². The van der Waals surface area contributed by atoms with Gasteiger partial charge in [-0.05, 0) is 19.1 Å². The monoisotopic (exact) mass is 320 g/mol. The topological polar surface area (TPSA) is 61.6 Å². The molecule has 22 heavy (non-hydrogen) atoms. The Kier molecular flexibility index (Phi) is 4.74. The van der Waals surface area contributed by atoms with Gasteiger partial charge >= 0.3 is 6.03 Å². The number of rotatable bonds is 4. The summed E-state index contributed by atoms with van der Waals surface area (Å²) in [6.07, 6.45) is 1.66. The van der Waals surface area contributed by atoms with Crippen LogP contribution in [0, 0.1) is 0 Å². The van der Waals surface area contributed by atoms with Crippen LogP contribution in [0.3, 0.4) is 0 Å². The van der Waals surface area contributed by atoms with Crippen molar-refractivity contribution in [2.45, 2.75) is 13.5 Å². The molecule has 7 heteroatoms. The van der Waals surface area contributed by atoms with E-state index in [4.69, 9.17) is 4.42 Å². The van der Waals surface area contributed by atoms with Gasteiger partial charge in [0.1, 0.15) is 0 Å². The summed E-state index contributed by atoms with van der Waals surface area (Å²) in [4.78, 5) is 20.6. The minimum atomic E-state index is 0.0379. The fraction of sp³-hybridized carbons (Fsp3) is 0.467. The summed E-state index contributed by atoms with van der Waals surface area (Å²) in [6.45, 7) is 6.72. The number of urea groups is 1. The Labute approximate surface area is 133 Å². The van der Waals surface area contributed by atoms with Crippen LogP contribution in [0.25, 0.3) is 10.8 Å². The maximum atomic E-state index is 11.8. The highest BCUT2D eigenvalue weighted by Gasteiger charge is 2.21. The molecule has 0 aliphatic carbocycles. The van der Waals surface area contributed by atoms with Crippen LogP contribution in [0.4, 0.5) is 4.79 Å². The third-order valence-corrected chi connectivity index (χ3v) is 4.56. The molecule has 2 amide bonds. The van der Waals surface area contributed by atoms with Crippen molar-refractivity contribution in [1.82, 2.24) is 20.1 Å². The first-order chi connectivity index (χ1) is 10.8. The van der Waals surface area contributed by atoms with Crippen LogP contribution in [0.5, 0.6) is 0 Å². The summed E-state index contributed by atoms with van der Waals surface area (Å²) < 4.78 is 5.37. The summed E-state index contributed by atoms with van der Waals surface area (Å²) in [7, 11) is 0. The molecule has 1 saturated heterocycles. The zero-order valence-electron chi connectivity index (χ0n) is 12.6. The number of carbonyl (C=O) groups excluding carboxylic acids is 1. The number of carbonyl (C=O) groups is 1. The van der Waals surface area contributed by atoms with Crippen molar-refractivity contribution in [2.75, 3.05) is 32.7 Å². The van der Waals surface area contributed by atoms with Crippen LogP contribution < -0.4 is 5.32 Å². The van der Waals surface area contributed by atoms with E-state index >= 15 is 0 Å². The van der Waals surface area contributed by atoms with Gasteiger partial charge in [0, 0.05) is 44.6 Å². The number of hydrogen-bond donors (Lipinski definition) is 1. The van der Waals surface area contributed by atoms with Crippen molar-refractivity contribution in [2.24, 2.45) is 0 Å². The fourth-order valence-corrected chi connectivity index (χ4v) is 3.27. The molecule has 0 unspecified atom stereocenters. The van der Waals surface area contributed by atoms with Gasteiger partial charge in [0.2, 0.25) is 0 Å². The summed E-state index contributed by atoms with van der Waals surface area (Å²) in [5.74, 6) is 0.817. The smallest absolute Gasteiger partial charge is 0.317 e. The number of amides is 2. The largest absolute Gasteiger partial charge is 0.462 e. The van der Waals surface area contributed by atoms with E-state index in [1.54, 1.807) is 17.6 Å². The number of hydrogen-bond acceptors (Lipinski definition) is 5. The Morgan fingerprint density at radius 2 is 2.23 bits per heavy atom. The Bertz CT molecular complexity index is 603.